The van der Waals surface area contributed by atoms with Gasteiger partial charge in [-0.15, -0.1) is 11.3 Å². The number of hydrogen-bond donors (Lipinski definition) is 1. The first-order chi connectivity index (χ1) is 9.61. The monoisotopic (exact) mass is 309 g/mol. The predicted molar refractivity (Wildman–Crippen MR) is 83.8 cm³/mol. The third-order valence-corrected chi connectivity index (χ3v) is 4.23. The molecule has 1 unspecified atom stereocenters. The molecular weight excluding hydrogens is 294 g/mol. The molecule has 2 rings (SSSR count). The Morgan fingerprint density at radius 1 is 1.35 bits per heavy atom. The van der Waals surface area contributed by atoms with Crippen molar-refractivity contribution in [3.8, 4) is 0 Å². The SMILES string of the molecule is CCOC(=O)c1ccccc1NC(C)c1ccc(Cl)s1. The smallest absolute Gasteiger partial charge is 0.340 e. The van der Waals surface area contributed by atoms with Crippen molar-refractivity contribution >= 4 is 34.6 Å². The van der Waals surface area contributed by atoms with Crippen molar-refractivity contribution in [1.82, 2.24) is 0 Å². The minimum atomic E-state index is -0.313. The number of halogens is 1. The molecule has 0 spiro atoms. The molecule has 1 N–H and O–H groups in total. The summed E-state index contributed by atoms with van der Waals surface area (Å²) in [6.07, 6.45) is 0. The Balaban J connectivity index is 2.18. The van der Waals surface area contributed by atoms with Gasteiger partial charge in [-0.1, -0.05) is 23.7 Å². The molecule has 1 aromatic heterocycles. The van der Waals surface area contributed by atoms with Crippen LogP contribution in [-0.4, -0.2) is 12.6 Å². The molecular formula is C15H16ClNO2S. The maximum Gasteiger partial charge on any atom is 0.340 e. The van der Waals surface area contributed by atoms with E-state index in [-0.39, 0.29) is 12.0 Å². The van der Waals surface area contributed by atoms with E-state index in [1.807, 2.05) is 37.3 Å². The summed E-state index contributed by atoms with van der Waals surface area (Å²) in [6.45, 7) is 4.19. The Morgan fingerprint density at radius 3 is 2.75 bits per heavy atom. The highest BCUT2D eigenvalue weighted by Crippen LogP contribution is 2.30. The number of para-hydroxylation sites is 1. The Labute approximate surface area is 127 Å². The van der Waals surface area contributed by atoms with Crippen molar-refractivity contribution < 1.29 is 9.53 Å². The third-order valence-electron chi connectivity index (χ3n) is 2.82. The topological polar surface area (TPSA) is 38.3 Å². The van der Waals surface area contributed by atoms with Crippen molar-refractivity contribution in [1.29, 1.82) is 0 Å². The third kappa shape index (κ3) is 3.52. The lowest BCUT2D eigenvalue weighted by Gasteiger charge is -2.16. The second-order valence-corrected chi connectivity index (χ2v) is 6.02. The molecule has 0 saturated heterocycles. The average molecular weight is 310 g/mol. The second kappa shape index (κ2) is 6.77. The molecule has 0 bridgehead atoms. The first kappa shape index (κ1) is 14.9. The van der Waals surface area contributed by atoms with Gasteiger partial charge >= 0.3 is 5.97 Å². The Bertz CT molecular complexity index is 597. The molecule has 0 radical (unpaired) electrons. The van der Waals surface area contributed by atoms with Gasteiger partial charge in [0.15, 0.2) is 0 Å². The number of thiophene rings is 1. The van der Waals surface area contributed by atoms with E-state index in [4.69, 9.17) is 16.3 Å². The quantitative estimate of drug-likeness (QED) is 0.810. The average Bonchev–Trinajstić information content (AvgIpc) is 2.86. The fraction of sp³-hybridized carbons (Fsp3) is 0.267. The van der Waals surface area contributed by atoms with Gasteiger partial charge in [-0.05, 0) is 38.1 Å². The number of esters is 1. The van der Waals surface area contributed by atoms with Crippen LogP contribution >= 0.6 is 22.9 Å². The fourth-order valence-corrected chi connectivity index (χ4v) is 2.92. The summed E-state index contributed by atoms with van der Waals surface area (Å²) in [5.74, 6) is -0.313. The number of carbonyl (C=O) groups excluding carboxylic acids is 1. The number of hydrogen-bond acceptors (Lipinski definition) is 4. The molecule has 1 aromatic carbocycles. The van der Waals surface area contributed by atoms with Crippen LogP contribution in [0.3, 0.4) is 0 Å². The van der Waals surface area contributed by atoms with Gasteiger partial charge < -0.3 is 10.1 Å². The van der Waals surface area contributed by atoms with Gasteiger partial charge in [0.25, 0.3) is 0 Å². The van der Waals surface area contributed by atoms with Crippen molar-refractivity contribution in [2.75, 3.05) is 11.9 Å². The summed E-state index contributed by atoms with van der Waals surface area (Å²) in [5.41, 5.74) is 1.31. The summed E-state index contributed by atoms with van der Waals surface area (Å²) in [4.78, 5) is 13.0. The molecule has 0 aliphatic rings. The van der Waals surface area contributed by atoms with Crippen LogP contribution in [0.15, 0.2) is 36.4 Å². The van der Waals surface area contributed by atoms with E-state index in [1.54, 1.807) is 13.0 Å². The molecule has 0 amide bonds. The normalized spacial score (nSPS) is 11.9. The maximum atomic E-state index is 11.9. The lowest BCUT2D eigenvalue weighted by molar-refractivity contribution is 0.0527. The molecule has 1 atom stereocenters. The van der Waals surface area contributed by atoms with Crippen molar-refractivity contribution in [2.24, 2.45) is 0 Å². The van der Waals surface area contributed by atoms with Crippen LogP contribution in [0.25, 0.3) is 0 Å². The fourth-order valence-electron chi connectivity index (χ4n) is 1.86. The molecule has 3 nitrogen and oxygen atoms in total. The van der Waals surface area contributed by atoms with E-state index in [1.165, 1.54) is 11.3 Å². The first-order valence-electron chi connectivity index (χ1n) is 6.39. The van der Waals surface area contributed by atoms with Crippen molar-refractivity contribution in [2.45, 2.75) is 19.9 Å². The molecule has 20 heavy (non-hydrogen) atoms. The lowest BCUT2D eigenvalue weighted by Crippen LogP contribution is -2.11. The van der Waals surface area contributed by atoms with Gasteiger partial charge in [0.05, 0.1) is 22.5 Å². The summed E-state index contributed by atoms with van der Waals surface area (Å²) in [7, 11) is 0. The van der Waals surface area contributed by atoms with Gasteiger partial charge in [-0.25, -0.2) is 4.79 Å². The zero-order chi connectivity index (χ0) is 14.5. The first-order valence-corrected chi connectivity index (χ1v) is 7.59. The Hall–Kier alpha value is -1.52. The van der Waals surface area contributed by atoms with Gasteiger partial charge in [0.1, 0.15) is 0 Å². The molecule has 5 heteroatoms. The van der Waals surface area contributed by atoms with Crippen LogP contribution in [0.1, 0.15) is 35.1 Å². The standard InChI is InChI=1S/C15H16ClNO2S/c1-3-19-15(18)11-6-4-5-7-12(11)17-10(2)13-8-9-14(16)20-13/h4-10,17H,3H2,1-2H3. The van der Waals surface area contributed by atoms with E-state index in [2.05, 4.69) is 5.32 Å². The summed E-state index contributed by atoms with van der Waals surface area (Å²) in [6, 6.07) is 11.3. The minimum Gasteiger partial charge on any atom is -0.462 e. The van der Waals surface area contributed by atoms with E-state index >= 15 is 0 Å². The molecule has 0 aliphatic carbocycles. The van der Waals surface area contributed by atoms with Crippen LogP contribution in [0.4, 0.5) is 5.69 Å². The summed E-state index contributed by atoms with van der Waals surface area (Å²) >= 11 is 7.47. The van der Waals surface area contributed by atoms with E-state index in [9.17, 15) is 4.79 Å². The van der Waals surface area contributed by atoms with Gasteiger partial charge in [0, 0.05) is 10.6 Å². The van der Waals surface area contributed by atoms with Gasteiger partial charge in [0.2, 0.25) is 0 Å². The largest absolute Gasteiger partial charge is 0.462 e. The molecule has 0 aliphatic heterocycles. The van der Waals surface area contributed by atoms with Gasteiger partial charge in [-0.2, -0.15) is 0 Å². The van der Waals surface area contributed by atoms with Crippen LogP contribution in [0.2, 0.25) is 4.34 Å². The van der Waals surface area contributed by atoms with Crippen LogP contribution in [0, 0.1) is 0 Å². The van der Waals surface area contributed by atoms with E-state index < -0.39 is 0 Å². The van der Waals surface area contributed by atoms with Crippen LogP contribution in [-0.2, 0) is 4.74 Å². The number of ether oxygens (including phenoxy) is 1. The highest BCUT2D eigenvalue weighted by atomic mass is 35.5. The molecule has 0 saturated carbocycles. The predicted octanol–water partition coefficient (Wildman–Crippen LogP) is 4.75. The number of rotatable bonds is 5. The van der Waals surface area contributed by atoms with Gasteiger partial charge in [-0.3, -0.25) is 0 Å². The molecule has 1 heterocycles. The Morgan fingerprint density at radius 2 is 2.10 bits per heavy atom. The molecule has 106 valence electrons. The summed E-state index contributed by atoms with van der Waals surface area (Å²) in [5, 5.41) is 3.33. The second-order valence-electron chi connectivity index (χ2n) is 4.27. The highest BCUT2D eigenvalue weighted by molar-refractivity contribution is 7.16. The number of nitrogens with one attached hydrogen (secondary N) is 1. The molecule has 2 aromatic rings. The lowest BCUT2D eigenvalue weighted by atomic mass is 10.1. The van der Waals surface area contributed by atoms with E-state index in [0.717, 1.165) is 14.9 Å². The summed E-state index contributed by atoms with van der Waals surface area (Å²) < 4.78 is 5.82. The highest BCUT2D eigenvalue weighted by Gasteiger charge is 2.15. The maximum absolute atomic E-state index is 11.9. The van der Waals surface area contributed by atoms with E-state index in [0.29, 0.717) is 12.2 Å². The van der Waals surface area contributed by atoms with Crippen molar-refractivity contribution in [3.63, 3.8) is 0 Å². The molecule has 0 fully saturated rings. The van der Waals surface area contributed by atoms with Crippen molar-refractivity contribution in [3.05, 3.63) is 51.2 Å². The van der Waals surface area contributed by atoms with Crippen LogP contribution in [0.5, 0.6) is 0 Å². The number of anilines is 1. The minimum absolute atomic E-state index is 0.0723. The number of carbonyl (C=O) groups is 1. The Kier molecular flexibility index (Phi) is 5.04. The number of benzene rings is 1. The zero-order valence-electron chi connectivity index (χ0n) is 11.4. The van der Waals surface area contributed by atoms with Crippen LogP contribution < -0.4 is 5.32 Å². The zero-order valence-corrected chi connectivity index (χ0v) is 12.9.